The molecule has 3 nitrogen and oxygen atoms in total. The number of hydrogen-bond donors (Lipinski definition) is 1. The summed E-state index contributed by atoms with van der Waals surface area (Å²) in [4.78, 5) is 3.95. The van der Waals surface area contributed by atoms with Crippen molar-refractivity contribution in [2.75, 3.05) is 19.8 Å². The van der Waals surface area contributed by atoms with Crippen molar-refractivity contribution in [3.05, 3.63) is 0 Å². The van der Waals surface area contributed by atoms with Gasteiger partial charge in [0.15, 0.2) is 0 Å². The van der Waals surface area contributed by atoms with Gasteiger partial charge in [-0.15, -0.1) is 0 Å². The molecule has 0 aliphatic rings. The molecule has 0 rings (SSSR count). The molecule has 134 valence electrons. The van der Waals surface area contributed by atoms with Crippen LogP contribution in [0, 0.1) is 0 Å². The van der Waals surface area contributed by atoms with Crippen LogP contribution in [0.1, 0.15) is 103 Å². The van der Waals surface area contributed by atoms with Crippen molar-refractivity contribution < 1.29 is 14.9 Å². The molecule has 1 N–H and O–H groups in total. The Hall–Kier alpha value is -0.120. The van der Waals surface area contributed by atoms with Crippen LogP contribution in [-0.2, 0) is 9.62 Å². The van der Waals surface area contributed by atoms with Gasteiger partial charge in [0.2, 0.25) is 0 Å². The van der Waals surface area contributed by atoms with E-state index in [1.54, 1.807) is 0 Å². The highest BCUT2D eigenvalue weighted by Crippen LogP contribution is 2.13. The maximum atomic E-state index is 8.12. The van der Waals surface area contributed by atoms with Gasteiger partial charge in [0.05, 0.1) is 6.61 Å². The smallest absolute Gasteiger partial charge is 0.105 e. The zero-order chi connectivity index (χ0) is 16.1. The van der Waals surface area contributed by atoms with E-state index in [-0.39, 0.29) is 6.61 Å². The molecule has 22 heavy (non-hydrogen) atoms. The quantitative estimate of drug-likeness (QED) is 0.171. The molecular formula is C19H40O3. The molecule has 0 spiro atoms. The second-order valence-electron chi connectivity index (χ2n) is 6.40. The molecule has 0 atom stereocenters. The summed E-state index contributed by atoms with van der Waals surface area (Å²) in [5.41, 5.74) is 0. The monoisotopic (exact) mass is 316 g/mol. The number of unbranched alkanes of at least 4 members (excludes halogenated alkanes) is 14. The Morgan fingerprint density at radius 2 is 0.909 bits per heavy atom. The lowest BCUT2D eigenvalue weighted by Crippen LogP contribution is -2.03. The summed E-state index contributed by atoms with van der Waals surface area (Å²) in [6.45, 7) is 3.85. The maximum Gasteiger partial charge on any atom is 0.105 e. The molecule has 0 aliphatic carbocycles. The topological polar surface area (TPSA) is 38.7 Å². The van der Waals surface area contributed by atoms with E-state index in [9.17, 15) is 0 Å². The molecule has 0 bridgehead atoms. The van der Waals surface area contributed by atoms with E-state index in [0.29, 0.717) is 6.61 Å². The van der Waals surface area contributed by atoms with Crippen LogP contribution in [0.2, 0.25) is 0 Å². The first-order valence-electron chi connectivity index (χ1n) is 9.76. The molecule has 0 aromatic heterocycles. The van der Waals surface area contributed by atoms with Crippen molar-refractivity contribution >= 4 is 0 Å². The maximum absolute atomic E-state index is 8.12. The lowest BCUT2D eigenvalue weighted by molar-refractivity contribution is -0.249. The molecule has 0 heterocycles. The zero-order valence-corrected chi connectivity index (χ0v) is 15.0. The van der Waals surface area contributed by atoms with Gasteiger partial charge in [-0.1, -0.05) is 96.8 Å². The average molecular weight is 317 g/mol. The minimum Gasteiger partial charge on any atom is -0.379 e. The van der Waals surface area contributed by atoms with E-state index in [1.165, 1.54) is 89.9 Å². The minimum atomic E-state index is 0.277. The molecule has 0 aromatic rings. The summed E-state index contributed by atoms with van der Waals surface area (Å²) in [7, 11) is 0. The highest BCUT2D eigenvalue weighted by Gasteiger charge is 1.94. The van der Waals surface area contributed by atoms with Crippen LogP contribution in [0.15, 0.2) is 0 Å². The van der Waals surface area contributed by atoms with E-state index in [4.69, 9.17) is 9.99 Å². The predicted molar refractivity (Wildman–Crippen MR) is 94.3 cm³/mol. The molecular weight excluding hydrogens is 276 g/mol. The Bertz CT molecular complexity index is 166. The highest BCUT2D eigenvalue weighted by atomic mass is 17.1. The molecule has 0 fully saturated rings. The fraction of sp³-hybridized carbons (Fsp3) is 1.00. The zero-order valence-electron chi connectivity index (χ0n) is 15.0. The van der Waals surface area contributed by atoms with Crippen LogP contribution in [0.5, 0.6) is 0 Å². The predicted octanol–water partition coefficient (Wildman–Crippen LogP) is 6.36. The third-order valence-electron chi connectivity index (χ3n) is 4.21. The number of rotatable bonds is 19. The van der Waals surface area contributed by atoms with Crippen LogP contribution < -0.4 is 0 Å². The molecule has 0 aromatic carbocycles. The summed E-state index contributed by atoms with van der Waals surface area (Å²) in [5.74, 6) is 0. The van der Waals surface area contributed by atoms with Gasteiger partial charge in [0.25, 0.3) is 0 Å². The second kappa shape index (κ2) is 20.9. The Labute approximate surface area is 138 Å². The van der Waals surface area contributed by atoms with Crippen LogP contribution in [0.4, 0.5) is 0 Å². The van der Waals surface area contributed by atoms with E-state index in [2.05, 4.69) is 11.8 Å². The lowest BCUT2D eigenvalue weighted by Gasteiger charge is -2.04. The van der Waals surface area contributed by atoms with Crippen molar-refractivity contribution in [2.24, 2.45) is 0 Å². The first kappa shape index (κ1) is 21.9. The molecule has 0 saturated carbocycles. The summed E-state index contributed by atoms with van der Waals surface area (Å²) >= 11 is 0. The molecule has 0 saturated heterocycles. The van der Waals surface area contributed by atoms with Crippen molar-refractivity contribution in [3.63, 3.8) is 0 Å². The van der Waals surface area contributed by atoms with Gasteiger partial charge in [-0.2, -0.15) is 0 Å². The van der Waals surface area contributed by atoms with Crippen molar-refractivity contribution in [2.45, 2.75) is 103 Å². The summed E-state index contributed by atoms with van der Waals surface area (Å²) < 4.78 is 5.30. The van der Waals surface area contributed by atoms with Crippen LogP contribution in [-0.4, -0.2) is 25.1 Å². The summed E-state index contributed by atoms with van der Waals surface area (Å²) in [5, 5.41) is 8.12. The van der Waals surface area contributed by atoms with Crippen LogP contribution >= 0.6 is 0 Å². The third-order valence-corrected chi connectivity index (χ3v) is 4.21. The van der Waals surface area contributed by atoms with E-state index in [0.717, 1.165) is 13.0 Å². The van der Waals surface area contributed by atoms with Crippen molar-refractivity contribution in [1.29, 1.82) is 0 Å². The van der Waals surface area contributed by atoms with Crippen LogP contribution in [0.3, 0.4) is 0 Å². The van der Waals surface area contributed by atoms with Gasteiger partial charge in [0, 0.05) is 6.61 Å². The molecule has 0 radical (unpaired) electrons. The SMILES string of the molecule is CCCCCCCCCCCCCCCCCOCCOO. The van der Waals surface area contributed by atoms with Crippen LogP contribution in [0.25, 0.3) is 0 Å². The number of ether oxygens (including phenoxy) is 1. The Kier molecular flexibility index (Phi) is 20.8. The lowest BCUT2D eigenvalue weighted by atomic mass is 10.0. The van der Waals surface area contributed by atoms with Gasteiger partial charge in [-0.05, 0) is 6.42 Å². The molecule has 0 unspecified atom stereocenters. The van der Waals surface area contributed by atoms with Crippen molar-refractivity contribution in [1.82, 2.24) is 0 Å². The first-order valence-corrected chi connectivity index (χ1v) is 9.76. The van der Waals surface area contributed by atoms with Crippen molar-refractivity contribution in [3.8, 4) is 0 Å². The average Bonchev–Trinajstić information content (AvgIpc) is 2.54. The third kappa shape index (κ3) is 19.9. The van der Waals surface area contributed by atoms with Gasteiger partial charge in [-0.25, -0.2) is 4.89 Å². The Morgan fingerprint density at radius 3 is 1.32 bits per heavy atom. The van der Waals surface area contributed by atoms with E-state index >= 15 is 0 Å². The van der Waals surface area contributed by atoms with Gasteiger partial charge < -0.3 is 4.74 Å². The van der Waals surface area contributed by atoms with Gasteiger partial charge in [-0.3, -0.25) is 5.26 Å². The molecule has 0 aliphatic heterocycles. The molecule has 3 heteroatoms. The standard InChI is InChI=1S/C19H40O3/c1-2-3-4-5-6-7-8-9-10-11-12-13-14-15-16-17-21-18-19-22-20/h20H,2-19H2,1H3. The summed E-state index contributed by atoms with van der Waals surface area (Å²) in [6.07, 6.45) is 20.8. The van der Waals surface area contributed by atoms with Gasteiger partial charge >= 0.3 is 0 Å². The van der Waals surface area contributed by atoms with E-state index in [1.807, 2.05) is 0 Å². The minimum absolute atomic E-state index is 0.277. The first-order chi connectivity index (χ1) is 10.9. The Balaban J connectivity index is 2.91. The molecule has 0 amide bonds. The Morgan fingerprint density at radius 1 is 0.500 bits per heavy atom. The highest BCUT2D eigenvalue weighted by molar-refractivity contribution is 4.49. The normalized spacial score (nSPS) is 11.2. The fourth-order valence-corrected chi connectivity index (χ4v) is 2.77. The summed E-state index contributed by atoms with van der Waals surface area (Å²) in [6, 6.07) is 0. The van der Waals surface area contributed by atoms with E-state index < -0.39 is 0 Å². The largest absolute Gasteiger partial charge is 0.379 e. The second-order valence-corrected chi connectivity index (χ2v) is 6.40. The fourth-order valence-electron chi connectivity index (χ4n) is 2.77. The van der Waals surface area contributed by atoms with Gasteiger partial charge in [0.1, 0.15) is 6.61 Å². The number of hydrogen-bond acceptors (Lipinski definition) is 3.